The summed E-state index contributed by atoms with van der Waals surface area (Å²) in [6.45, 7) is -0.0996. The van der Waals surface area contributed by atoms with E-state index in [4.69, 9.17) is 0 Å². The van der Waals surface area contributed by atoms with Gasteiger partial charge in [-0.05, 0) is 17.7 Å². The van der Waals surface area contributed by atoms with Crippen molar-refractivity contribution in [3.05, 3.63) is 45.5 Å². The van der Waals surface area contributed by atoms with Crippen LogP contribution in [0.15, 0.2) is 24.3 Å². The SMILES string of the molecule is COC(=O)c1ccc(CC[N+](=O)[O-])cc1. The lowest BCUT2D eigenvalue weighted by atomic mass is 10.1. The molecular formula is C10H11NO4. The number of rotatable bonds is 4. The fraction of sp³-hybridized carbons (Fsp3) is 0.300. The van der Waals surface area contributed by atoms with Gasteiger partial charge in [0.2, 0.25) is 6.54 Å². The van der Waals surface area contributed by atoms with Crippen molar-refractivity contribution in [2.24, 2.45) is 0 Å². The van der Waals surface area contributed by atoms with Crippen molar-refractivity contribution < 1.29 is 14.5 Å². The van der Waals surface area contributed by atoms with E-state index < -0.39 is 5.97 Å². The minimum atomic E-state index is -0.407. The van der Waals surface area contributed by atoms with Crippen LogP contribution < -0.4 is 0 Å². The summed E-state index contributed by atoms with van der Waals surface area (Å²) in [5.74, 6) is -0.407. The lowest BCUT2D eigenvalue weighted by Gasteiger charge is -2.00. The van der Waals surface area contributed by atoms with E-state index in [0.29, 0.717) is 12.0 Å². The largest absolute Gasteiger partial charge is 0.465 e. The van der Waals surface area contributed by atoms with E-state index in [1.165, 1.54) is 7.11 Å². The minimum Gasteiger partial charge on any atom is -0.465 e. The molecule has 0 aliphatic carbocycles. The highest BCUT2D eigenvalue weighted by Crippen LogP contribution is 2.06. The molecule has 5 nitrogen and oxygen atoms in total. The number of methoxy groups -OCH3 is 1. The Hall–Kier alpha value is -1.91. The van der Waals surface area contributed by atoms with Crippen LogP contribution in [0.1, 0.15) is 15.9 Å². The van der Waals surface area contributed by atoms with Crippen molar-refractivity contribution >= 4 is 5.97 Å². The first-order chi connectivity index (χ1) is 7.13. The monoisotopic (exact) mass is 209 g/mol. The average molecular weight is 209 g/mol. The molecule has 1 aromatic carbocycles. The van der Waals surface area contributed by atoms with Gasteiger partial charge in [0.05, 0.1) is 12.7 Å². The Bertz CT molecular complexity index is 358. The number of carbonyl (C=O) groups is 1. The van der Waals surface area contributed by atoms with Gasteiger partial charge in [0.25, 0.3) is 0 Å². The van der Waals surface area contributed by atoms with Gasteiger partial charge in [0, 0.05) is 11.3 Å². The fourth-order valence-corrected chi connectivity index (χ4v) is 1.15. The molecule has 80 valence electrons. The Morgan fingerprint density at radius 1 is 1.40 bits per heavy atom. The van der Waals surface area contributed by atoms with Crippen molar-refractivity contribution in [2.75, 3.05) is 13.7 Å². The molecule has 0 aliphatic rings. The van der Waals surface area contributed by atoms with Crippen LogP contribution in [-0.4, -0.2) is 24.5 Å². The maximum atomic E-state index is 11.1. The van der Waals surface area contributed by atoms with Crippen LogP contribution in [0.25, 0.3) is 0 Å². The highest BCUT2D eigenvalue weighted by molar-refractivity contribution is 5.89. The molecule has 0 unspecified atom stereocenters. The van der Waals surface area contributed by atoms with Crippen LogP contribution in [0.5, 0.6) is 0 Å². The van der Waals surface area contributed by atoms with Crippen LogP contribution >= 0.6 is 0 Å². The van der Waals surface area contributed by atoms with Crippen molar-refractivity contribution in [1.82, 2.24) is 0 Å². The van der Waals surface area contributed by atoms with Gasteiger partial charge < -0.3 is 4.74 Å². The molecule has 0 saturated carbocycles. The third-order valence-corrected chi connectivity index (χ3v) is 1.96. The second kappa shape index (κ2) is 5.09. The molecule has 0 spiro atoms. The molecule has 1 aromatic rings. The molecule has 0 amide bonds. The van der Waals surface area contributed by atoms with Crippen molar-refractivity contribution in [3.8, 4) is 0 Å². The predicted octanol–water partition coefficient (Wildman–Crippen LogP) is 1.29. The summed E-state index contributed by atoms with van der Waals surface area (Å²) in [5.41, 5.74) is 1.28. The number of ether oxygens (including phenoxy) is 1. The Balaban J connectivity index is 2.64. The summed E-state index contributed by atoms with van der Waals surface area (Å²) in [5, 5.41) is 10.1. The zero-order valence-electron chi connectivity index (χ0n) is 8.30. The molecule has 0 heterocycles. The Morgan fingerprint density at radius 3 is 2.47 bits per heavy atom. The molecule has 0 aromatic heterocycles. The summed E-state index contributed by atoms with van der Waals surface area (Å²) in [4.78, 5) is 20.8. The van der Waals surface area contributed by atoms with Crippen LogP contribution in [0.2, 0.25) is 0 Å². The van der Waals surface area contributed by atoms with E-state index >= 15 is 0 Å². The smallest absolute Gasteiger partial charge is 0.337 e. The summed E-state index contributed by atoms with van der Waals surface area (Å²) in [7, 11) is 1.31. The number of benzene rings is 1. The zero-order chi connectivity index (χ0) is 11.3. The number of hydrogen-bond acceptors (Lipinski definition) is 4. The van der Waals surface area contributed by atoms with Gasteiger partial charge in [-0.25, -0.2) is 4.79 Å². The highest BCUT2D eigenvalue weighted by Gasteiger charge is 2.05. The standard InChI is InChI=1S/C10H11NO4/c1-15-10(12)9-4-2-8(3-5-9)6-7-11(13)14/h2-5H,6-7H2,1H3. The van der Waals surface area contributed by atoms with E-state index in [9.17, 15) is 14.9 Å². The Kier molecular flexibility index (Phi) is 3.79. The second-order valence-electron chi connectivity index (χ2n) is 2.99. The maximum Gasteiger partial charge on any atom is 0.337 e. The van der Waals surface area contributed by atoms with Crippen LogP contribution in [-0.2, 0) is 11.2 Å². The first-order valence-corrected chi connectivity index (χ1v) is 4.42. The minimum absolute atomic E-state index is 0.0996. The van der Waals surface area contributed by atoms with Crippen LogP contribution in [0.4, 0.5) is 0 Å². The Labute approximate surface area is 86.8 Å². The van der Waals surface area contributed by atoms with Gasteiger partial charge in [-0.1, -0.05) is 12.1 Å². The third kappa shape index (κ3) is 3.38. The van der Waals surface area contributed by atoms with Crippen molar-refractivity contribution in [1.29, 1.82) is 0 Å². The van der Waals surface area contributed by atoms with Gasteiger partial charge >= 0.3 is 5.97 Å². The number of hydrogen-bond donors (Lipinski definition) is 0. The molecule has 1 rings (SSSR count). The van der Waals surface area contributed by atoms with E-state index in [0.717, 1.165) is 5.56 Å². The van der Waals surface area contributed by atoms with Crippen molar-refractivity contribution in [2.45, 2.75) is 6.42 Å². The number of nitrogens with zero attached hydrogens (tertiary/aromatic N) is 1. The zero-order valence-corrected chi connectivity index (χ0v) is 8.30. The van der Waals surface area contributed by atoms with Gasteiger partial charge in [0.1, 0.15) is 0 Å². The van der Waals surface area contributed by atoms with Gasteiger partial charge in [-0.2, -0.15) is 0 Å². The molecule has 0 aliphatic heterocycles. The van der Waals surface area contributed by atoms with Gasteiger partial charge in [-0.3, -0.25) is 10.1 Å². The first-order valence-electron chi connectivity index (χ1n) is 4.42. The summed E-state index contributed by atoms with van der Waals surface area (Å²) < 4.78 is 4.53. The fourth-order valence-electron chi connectivity index (χ4n) is 1.15. The summed E-state index contributed by atoms with van der Waals surface area (Å²) in [6.07, 6.45) is 0.369. The molecule has 15 heavy (non-hydrogen) atoms. The highest BCUT2D eigenvalue weighted by atomic mass is 16.6. The van der Waals surface area contributed by atoms with E-state index in [2.05, 4.69) is 4.74 Å². The quantitative estimate of drug-likeness (QED) is 0.425. The van der Waals surface area contributed by atoms with E-state index in [-0.39, 0.29) is 11.5 Å². The van der Waals surface area contributed by atoms with Crippen LogP contribution in [0, 0.1) is 10.1 Å². The normalized spacial score (nSPS) is 9.67. The molecule has 0 saturated heterocycles. The van der Waals surface area contributed by atoms with Gasteiger partial charge in [0.15, 0.2) is 0 Å². The molecular weight excluding hydrogens is 198 g/mol. The third-order valence-electron chi connectivity index (χ3n) is 1.96. The molecule has 0 radical (unpaired) electrons. The summed E-state index contributed by atoms with van der Waals surface area (Å²) in [6, 6.07) is 6.58. The average Bonchev–Trinajstić information content (AvgIpc) is 2.26. The molecule has 5 heteroatoms. The number of nitro groups is 1. The number of carbonyl (C=O) groups excluding carboxylic acids is 1. The van der Waals surface area contributed by atoms with Gasteiger partial charge in [-0.15, -0.1) is 0 Å². The van der Waals surface area contributed by atoms with Crippen molar-refractivity contribution in [3.63, 3.8) is 0 Å². The second-order valence-corrected chi connectivity index (χ2v) is 2.99. The first kappa shape index (κ1) is 11.2. The summed E-state index contributed by atoms with van der Waals surface area (Å²) >= 11 is 0. The molecule has 0 bridgehead atoms. The Morgan fingerprint density at radius 2 is 2.00 bits per heavy atom. The number of esters is 1. The van der Waals surface area contributed by atoms with Crippen LogP contribution in [0.3, 0.4) is 0 Å². The molecule has 0 N–H and O–H groups in total. The lowest BCUT2D eigenvalue weighted by Crippen LogP contribution is -2.05. The topological polar surface area (TPSA) is 69.4 Å². The molecule has 0 fully saturated rings. The maximum absolute atomic E-state index is 11.1. The van der Waals surface area contributed by atoms with E-state index in [1.54, 1.807) is 24.3 Å². The van der Waals surface area contributed by atoms with E-state index in [1.807, 2.05) is 0 Å². The molecule has 0 atom stereocenters. The lowest BCUT2D eigenvalue weighted by molar-refractivity contribution is -0.479. The predicted molar refractivity (Wildman–Crippen MR) is 53.3 cm³/mol.